The summed E-state index contributed by atoms with van der Waals surface area (Å²) < 4.78 is 5.22. The molecule has 0 N–H and O–H groups in total. The molecule has 0 spiro atoms. The number of carbonyl (C=O) groups is 2. The quantitative estimate of drug-likeness (QED) is 0.685. The minimum absolute atomic E-state index is 0.402. The normalized spacial score (nSPS) is 25.5. The number of piperidine rings is 1. The van der Waals surface area contributed by atoms with Gasteiger partial charge in [0.15, 0.2) is 0 Å². The van der Waals surface area contributed by atoms with Crippen LogP contribution in [-0.4, -0.2) is 34.6 Å². The molecule has 5 nitrogen and oxygen atoms in total. The first kappa shape index (κ1) is 13.8. The summed E-state index contributed by atoms with van der Waals surface area (Å²) in [6.07, 6.45) is 1.41. The third-order valence-corrected chi connectivity index (χ3v) is 2.94. The fraction of sp³-hybridized carbons (Fsp3) is 0.833. The first-order valence-electron chi connectivity index (χ1n) is 5.89. The van der Waals surface area contributed by atoms with E-state index in [2.05, 4.69) is 0 Å². The van der Waals surface area contributed by atoms with Crippen molar-refractivity contribution >= 4 is 12.1 Å². The third kappa shape index (κ3) is 3.11. The maximum atomic E-state index is 11.9. The number of hydrogen-bond acceptors (Lipinski definition) is 4. The van der Waals surface area contributed by atoms with Crippen LogP contribution in [0.2, 0.25) is 0 Å². The van der Waals surface area contributed by atoms with E-state index in [4.69, 9.17) is 4.74 Å². The van der Waals surface area contributed by atoms with Gasteiger partial charge in [-0.15, -0.1) is 0 Å². The van der Waals surface area contributed by atoms with E-state index in [0.29, 0.717) is 13.0 Å². The van der Waals surface area contributed by atoms with E-state index in [1.54, 1.807) is 20.8 Å². The Morgan fingerprint density at radius 2 is 1.88 bits per heavy atom. The second kappa shape index (κ2) is 4.55. The summed E-state index contributed by atoms with van der Waals surface area (Å²) in [5, 5.41) is 11.2. The summed E-state index contributed by atoms with van der Waals surface area (Å²) in [7, 11) is 0. The number of hydrogen-bond donors (Lipinski definition) is 0. The van der Waals surface area contributed by atoms with Gasteiger partial charge < -0.3 is 14.6 Å². The molecule has 1 aliphatic rings. The van der Waals surface area contributed by atoms with Gasteiger partial charge in [-0.05, 0) is 47.0 Å². The summed E-state index contributed by atoms with van der Waals surface area (Å²) in [4.78, 5) is 24.4. The first-order valence-corrected chi connectivity index (χ1v) is 5.89. The molecule has 1 amide bonds. The molecule has 1 saturated heterocycles. The smallest absolute Gasteiger partial charge is 0.411 e. The highest BCUT2D eigenvalue weighted by Gasteiger charge is 2.40. The van der Waals surface area contributed by atoms with Crippen LogP contribution in [-0.2, 0) is 9.53 Å². The highest BCUT2D eigenvalue weighted by atomic mass is 16.6. The van der Waals surface area contributed by atoms with Crippen LogP contribution in [0.25, 0.3) is 0 Å². The van der Waals surface area contributed by atoms with Gasteiger partial charge in [-0.3, -0.25) is 4.90 Å². The molecular formula is C12H20NO4-. The fourth-order valence-electron chi connectivity index (χ4n) is 1.94. The topological polar surface area (TPSA) is 69.7 Å². The molecule has 0 saturated carbocycles. The van der Waals surface area contributed by atoms with E-state index in [1.807, 2.05) is 0 Å². The van der Waals surface area contributed by atoms with Crippen molar-refractivity contribution in [3.8, 4) is 0 Å². The molecule has 0 aromatic rings. The van der Waals surface area contributed by atoms with Gasteiger partial charge in [-0.1, -0.05) is 0 Å². The van der Waals surface area contributed by atoms with Crippen molar-refractivity contribution < 1.29 is 19.4 Å². The Bertz CT molecular complexity index is 321. The van der Waals surface area contributed by atoms with E-state index in [0.717, 1.165) is 12.8 Å². The minimum Gasteiger partial charge on any atom is -0.548 e. The Hall–Kier alpha value is -1.26. The standard InChI is InChI=1S/C12H21NO4/c1-11(2,3)17-10(16)13-8-6-5-7-12(13,4)9(14)15/h5-8H2,1-4H3,(H,14,15)/p-1/t12-/m0/s1. The largest absolute Gasteiger partial charge is 0.548 e. The number of aliphatic carboxylic acids is 1. The van der Waals surface area contributed by atoms with Crippen LogP contribution in [0.1, 0.15) is 47.0 Å². The Morgan fingerprint density at radius 3 is 2.35 bits per heavy atom. The molecule has 0 unspecified atom stereocenters. The maximum Gasteiger partial charge on any atom is 0.411 e. The molecule has 0 radical (unpaired) electrons. The molecule has 17 heavy (non-hydrogen) atoms. The number of amides is 1. The highest BCUT2D eigenvalue weighted by molar-refractivity contribution is 5.83. The molecule has 1 aliphatic heterocycles. The van der Waals surface area contributed by atoms with E-state index in [1.165, 1.54) is 11.8 Å². The monoisotopic (exact) mass is 242 g/mol. The predicted molar refractivity (Wildman–Crippen MR) is 60.2 cm³/mol. The lowest BCUT2D eigenvalue weighted by atomic mass is 9.89. The van der Waals surface area contributed by atoms with Gasteiger partial charge in [-0.25, -0.2) is 4.79 Å². The highest BCUT2D eigenvalue weighted by Crippen LogP contribution is 2.29. The average molecular weight is 242 g/mol. The summed E-state index contributed by atoms with van der Waals surface area (Å²) in [6.45, 7) is 7.19. The lowest BCUT2D eigenvalue weighted by Crippen LogP contribution is -2.62. The van der Waals surface area contributed by atoms with Crippen LogP contribution in [0.4, 0.5) is 4.79 Å². The van der Waals surface area contributed by atoms with E-state index >= 15 is 0 Å². The second-order valence-electron chi connectivity index (χ2n) is 5.65. The van der Waals surface area contributed by atoms with Crippen LogP contribution >= 0.6 is 0 Å². The molecule has 0 bridgehead atoms. The molecule has 0 aromatic heterocycles. The molecule has 5 heteroatoms. The summed E-state index contributed by atoms with van der Waals surface area (Å²) >= 11 is 0. The van der Waals surface area contributed by atoms with E-state index < -0.39 is 23.2 Å². The SMILES string of the molecule is CC(C)(C)OC(=O)N1CCCC[C@@]1(C)C(=O)[O-]. The fourth-order valence-corrected chi connectivity index (χ4v) is 1.94. The molecule has 1 atom stereocenters. The van der Waals surface area contributed by atoms with Crippen molar-refractivity contribution in [1.29, 1.82) is 0 Å². The zero-order chi connectivity index (χ0) is 13.3. The predicted octanol–water partition coefficient (Wildman–Crippen LogP) is 0.916. The lowest BCUT2D eigenvalue weighted by molar-refractivity contribution is -0.319. The Labute approximate surface area is 102 Å². The van der Waals surface area contributed by atoms with Crippen molar-refractivity contribution in [1.82, 2.24) is 4.90 Å². The van der Waals surface area contributed by atoms with Gasteiger partial charge in [0.2, 0.25) is 0 Å². The van der Waals surface area contributed by atoms with Crippen LogP contribution in [0.3, 0.4) is 0 Å². The zero-order valence-electron chi connectivity index (χ0n) is 10.9. The van der Waals surface area contributed by atoms with Crippen LogP contribution in [0.5, 0.6) is 0 Å². The van der Waals surface area contributed by atoms with Crippen LogP contribution in [0.15, 0.2) is 0 Å². The maximum absolute atomic E-state index is 11.9. The molecular weight excluding hydrogens is 222 g/mol. The number of nitrogens with zero attached hydrogens (tertiary/aromatic N) is 1. The van der Waals surface area contributed by atoms with Gasteiger partial charge in [0, 0.05) is 6.54 Å². The third-order valence-electron chi connectivity index (χ3n) is 2.94. The van der Waals surface area contributed by atoms with Crippen LogP contribution < -0.4 is 5.11 Å². The number of rotatable bonds is 1. The molecule has 98 valence electrons. The van der Waals surface area contributed by atoms with Crippen LogP contribution in [0, 0.1) is 0 Å². The van der Waals surface area contributed by atoms with Gasteiger partial charge in [0.1, 0.15) is 5.60 Å². The van der Waals surface area contributed by atoms with Crippen molar-refractivity contribution in [2.24, 2.45) is 0 Å². The summed E-state index contributed by atoms with van der Waals surface area (Å²) in [6, 6.07) is 0. The van der Waals surface area contributed by atoms with Gasteiger partial charge in [-0.2, -0.15) is 0 Å². The van der Waals surface area contributed by atoms with Gasteiger partial charge in [0.05, 0.1) is 11.5 Å². The molecule has 0 aliphatic carbocycles. The average Bonchev–Trinajstić information content (AvgIpc) is 2.15. The summed E-state index contributed by atoms with van der Waals surface area (Å²) in [5.41, 5.74) is -1.87. The lowest BCUT2D eigenvalue weighted by Gasteiger charge is -2.45. The number of likely N-dealkylation sites (tertiary alicyclic amines) is 1. The Kier molecular flexibility index (Phi) is 3.69. The van der Waals surface area contributed by atoms with Gasteiger partial charge in [0.25, 0.3) is 0 Å². The number of carbonyl (C=O) groups excluding carboxylic acids is 2. The van der Waals surface area contributed by atoms with Crippen molar-refractivity contribution in [3.05, 3.63) is 0 Å². The zero-order valence-corrected chi connectivity index (χ0v) is 10.9. The molecule has 1 heterocycles. The van der Waals surface area contributed by atoms with Crippen molar-refractivity contribution in [2.75, 3.05) is 6.54 Å². The molecule has 1 fully saturated rings. The minimum atomic E-state index is -1.25. The number of carboxylic acids is 1. The number of ether oxygens (including phenoxy) is 1. The van der Waals surface area contributed by atoms with Gasteiger partial charge >= 0.3 is 6.09 Å². The second-order valence-corrected chi connectivity index (χ2v) is 5.65. The van der Waals surface area contributed by atoms with E-state index in [9.17, 15) is 14.7 Å². The van der Waals surface area contributed by atoms with E-state index in [-0.39, 0.29) is 0 Å². The molecule has 1 rings (SSSR count). The van der Waals surface area contributed by atoms with Crippen molar-refractivity contribution in [3.63, 3.8) is 0 Å². The Morgan fingerprint density at radius 1 is 1.29 bits per heavy atom. The summed E-state index contributed by atoms with van der Waals surface area (Å²) in [5.74, 6) is -1.22. The van der Waals surface area contributed by atoms with Crippen molar-refractivity contribution in [2.45, 2.75) is 58.1 Å². The number of carboxylic acid groups (broad SMARTS) is 1. The Balaban J connectivity index is 2.86. The first-order chi connectivity index (χ1) is 7.67. The molecule has 0 aromatic carbocycles.